The number of carboxylic acids is 1. The number of aromatic nitrogens is 1. The maximum absolute atomic E-state index is 11.0. The van der Waals surface area contributed by atoms with Crippen LogP contribution >= 0.6 is 0 Å². The van der Waals surface area contributed by atoms with Crippen molar-refractivity contribution in [1.29, 1.82) is 0 Å². The van der Waals surface area contributed by atoms with Gasteiger partial charge in [-0.1, -0.05) is 12.1 Å². The molecule has 0 saturated carbocycles. The molecule has 0 fully saturated rings. The number of furan rings is 1. The van der Waals surface area contributed by atoms with Crippen molar-refractivity contribution in [2.75, 3.05) is 5.73 Å². The average Bonchev–Trinajstić information content (AvgIpc) is 3.09. The Morgan fingerprint density at radius 1 is 1.22 bits per heavy atom. The van der Waals surface area contributed by atoms with E-state index in [1.165, 1.54) is 12.1 Å². The van der Waals surface area contributed by atoms with Crippen molar-refractivity contribution < 1.29 is 18.7 Å². The van der Waals surface area contributed by atoms with Crippen LogP contribution in [0.2, 0.25) is 0 Å². The van der Waals surface area contributed by atoms with Gasteiger partial charge in [0.15, 0.2) is 5.58 Å². The fourth-order valence-corrected chi connectivity index (χ4v) is 2.59. The molecule has 6 heteroatoms. The average molecular weight is 308 g/mol. The van der Waals surface area contributed by atoms with Gasteiger partial charge in [-0.3, -0.25) is 0 Å². The number of anilines is 1. The number of carboxylic acid groups (broad SMARTS) is 1. The van der Waals surface area contributed by atoms with E-state index < -0.39 is 5.97 Å². The largest absolute Gasteiger partial charge is 0.478 e. The number of nitrogen functional groups attached to an aromatic ring is 1. The molecule has 0 aliphatic heterocycles. The van der Waals surface area contributed by atoms with Crippen molar-refractivity contribution in [3.63, 3.8) is 0 Å². The summed E-state index contributed by atoms with van der Waals surface area (Å²) in [5.41, 5.74) is 9.30. The van der Waals surface area contributed by atoms with Crippen LogP contribution in [0.5, 0.6) is 0 Å². The fraction of sp³-hybridized carbons (Fsp3) is 0.0588. The summed E-state index contributed by atoms with van der Waals surface area (Å²) in [6, 6.07) is 10.2. The lowest BCUT2D eigenvalue weighted by Gasteiger charge is -1.91. The maximum Gasteiger partial charge on any atom is 0.335 e. The van der Waals surface area contributed by atoms with Gasteiger partial charge in [0.05, 0.1) is 11.3 Å². The van der Waals surface area contributed by atoms with Gasteiger partial charge < -0.3 is 19.7 Å². The number of hydrogen-bond acceptors (Lipinski definition) is 5. The minimum absolute atomic E-state index is 0.133. The highest BCUT2D eigenvalue weighted by Gasteiger charge is 2.20. The first-order valence-corrected chi connectivity index (χ1v) is 6.96. The molecule has 2 aromatic carbocycles. The van der Waals surface area contributed by atoms with Crippen LogP contribution in [0.1, 0.15) is 15.9 Å². The number of nitrogens with two attached hydrogens (primary N) is 1. The van der Waals surface area contributed by atoms with Crippen LogP contribution in [0.15, 0.2) is 45.2 Å². The van der Waals surface area contributed by atoms with Crippen molar-refractivity contribution in [3.8, 4) is 11.7 Å². The molecule has 4 aromatic rings. The normalized spacial score (nSPS) is 11.3. The monoisotopic (exact) mass is 308 g/mol. The molecule has 0 radical (unpaired) electrons. The number of aromatic carboxylic acids is 1. The van der Waals surface area contributed by atoms with Gasteiger partial charge in [-0.05, 0) is 36.8 Å². The molecule has 4 rings (SSSR count). The van der Waals surface area contributed by atoms with Gasteiger partial charge in [0, 0.05) is 5.39 Å². The second kappa shape index (κ2) is 4.61. The van der Waals surface area contributed by atoms with Crippen molar-refractivity contribution >= 4 is 33.7 Å². The number of benzene rings is 2. The van der Waals surface area contributed by atoms with E-state index >= 15 is 0 Å². The SMILES string of the molecule is Cc1cccc2c(N)c(-c3nc4ccc(C(=O)O)cc4o3)oc12. The molecular weight excluding hydrogens is 296 g/mol. The second-order valence-electron chi connectivity index (χ2n) is 5.30. The second-order valence-corrected chi connectivity index (χ2v) is 5.30. The molecule has 2 heterocycles. The Morgan fingerprint density at radius 3 is 2.78 bits per heavy atom. The zero-order valence-electron chi connectivity index (χ0n) is 12.2. The van der Waals surface area contributed by atoms with E-state index in [-0.39, 0.29) is 11.5 Å². The Hall–Kier alpha value is -3.28. The van der Waals surface area contributed by atoms with Crippen LogP contribution in [0.4, 0.5) is 5.69 Å². The summed E-state index contributed by atoms with van der Waals surface area (Å²) in [7, 11) is 0. The summed E-state index contributed by atoms with van der Waals surface area (Å²) in [5.74, 6) is -0.443. The predicted octanol–water partition coefficient (Wildman–Crippen LogP) is 3.83. The van der Waals surface area contributed by atoms with Crippen molar-refractivity contribution in [2.24, 2.45) is 0 Å². The predicted molar refractivity (Wildman–Crippen MR) is 85.3 cm³/mol. The zero-order chi connectivity index (χ0) is 16.1. The van der Waals surface area contributed by atoms with Gasteiger partial charge >= 0.3 is 5.97 Å². The van der Waals surface area contributed by atoms with Crippen LogP contribution in [-0.2, 0) is 0 Å². The van der Waals surface area contributed by atoms with Gasteiger partial charge in [0.25, 0.3) is 5.89 Å². The number of rotatable bonds is 2. The Labute approximate surface area is 130 Å². The topological polar surface area (TPSA) is 102 Å². The summed E-state index contributed by atoms with van der Waals surface area (Å²) < 4.78 is 11.5. The number of oxazole rings is 1. The third-order valence-corrected chi connectivity index (χ3v) is 3.78. The Kier molecular flexibility index (Phi) is 2.68. The highest BCUT2D eigenvalue weighted by Crippen LogP contribution is 2.37. The molecule has 3 N–H and O–H groups in total. The standard InChI is InChI=1S/C17H12N2O4/c1-8-3-2-4-10-13(18)15(23-14(8)10)16-19-11-6-5-9(17(20)21)7-12(11)22-16/h2-7H,18H2,1H3,(H,20,21). The van der Waals surface area contributed by atoms with Crippen molar-refractivity contribution in [1.82, 2.24) is 4.98 Å². The highest BCUT2D eigenvalue weighted by atomic mass is 16.4. The van der Waals surface area contributed by atoms with Crippen LogP contribution in [0, 0.1) is 6.92 Å². The Morgan fingerprint density at radius 2 is 2.04 bits per heavy atom. The van der Waals surface area contributed by atoms with E-state index in [9.17, 15) is 4.79 Å². The number of aryl methyl sites for hydroxylation is 1. The summed E-state index contributed by atoms with van der Waals surface area (Å²) in [4.78, 5) is 15.4. The van der Waals surface area contributed by atoms with Gasteiger partial charge in [-0.25, -0.2) is 9.78 Å². The number of para-hydroxylation sites is 1. The Balaban J connectivity index is 1.94. The van der Waals surface area contributed by atoms with Crippen LogP contribution in [0.3, 0.4) is 0 Å². The van der Waals surface area contributed by atoms with Gasteiger partial charge in [0.2, 0.25) is 5.76 Å². The summed E-state index contributed by atoms with van der Waals surface area (Å²) in [6.45, 7) is 1.93. The minimum Gasteiger partial charge on any atom is -0.478 e. The third kappa shape index (κ3) is 1.96. The number of hydrogen-bond donors (Lipinski definition) is 2. The van der Waals surface area contributed by atoms with E-state index in [1.807, 2.05) is 25.1 Å². The van der Waals surface area contributed by atoms with Gasteiger partial charge in [-0.15, -0.1) is 0 Å². The maximum atomic E-state index is 11.0. The molecule has 2 aromatic heterocycles. The molecule has 114 valence electrons. The molecular formula is C17H12N2O4. The molecule has 0 atom stereocenters. The van der Waals surface area contributed by atoms with Crippen molar-refractivity contribution in [2.45, 2.75) is 6.92 Å². The fourth-order valence-electron chi connectivity index (χ4n) is 2.59. The molecule has 0 aliphatic rings. The summed E-state index contributed by atoms with van der Waals surface area (Å²) >= 11 is 0. The zero-order valence-corrected chi connectivity index (χ0v) is 12.2. The molecule has 6 nitrogen and oxygen atoms in total. The quantitative estimate of drug-likeness (QED) is 0.583. The van der Waals surface area contributed by atoms with Crippen LogP contribution < -0.4 is 5.73 Å². The molecule has 0 spiro atoms. The molecule has 0 bridgehead atoms. The molecule has 0 unspecified atom stereocenters. The van der Waals surface area contributed by atoms with Gasteiger partial charge in [0.1, 0.15) is 11.1 Å². The first-order chi connectivity index (χ1) is 11.0. The number of fused-ring (bicyclic) bond motifs is 2. The van der Waals surface area contributed by atoms with Crippen molar-refractivity contribution in [3.05, 3.63) is 47.5 Å². The van der Waals surface area contributed by atoms with Gasteiger partial charge in [-0.2, -0.15) is 0 Å². The summed E-state index contributed by atoms with van der Waals surface area (Å²) in [5, 5.41) is 9.84. The van der Waals surface area contributed by atoms with E-state index in [4.69, 9.17) is 19.7 Å². The molecule has 0 aliphatic carbocycles. The van der Waals surface area contributed by atoms with E-state index in [0.29, 0.717) is 28.1 Å². The third-order valence-electron chi connectivity index (χ3n) is 3.78. The van der Waals surface area contributed by atoms with Crippen LogP contribution in [0.25, 0.3) is 33.7 Å². The number of nitrogens with zero attached hydrogens (tertiary/aromatic N) is 1. The lowest BCUT2D eigenvalue weighted by atomic mass is 10.1. The lowest BCUT2D eigenvalue weighted by molar-refractivity contribution is 0.0697. The molecule has 0 amide bonds. The number of carbonyl (C=O) groups is 1. The molecule has 23 heavy (non-hydrogen) atoms. The molecule has 0 saturated heterocycles. The lowest BCUT2D eigenvalue weighted by Crippen LogP contribution is -1.94. The van der Waals surface area contributed by atoms with E-state index in [1.54, 1.807) is 6.07 Å². The smallest absolute Gasteiger partial charge is 0.335 e. The highest BCUT2D eigenvalue weighted by molar-refractivity contribution is 5.98. The summed E-state index contributed by atoms with van der Waals surface area (Å²) in [6.07, 6.45) is 0. The van der Waals surface area contributed by atoms with Crippen LogP contribution in [-0.4, -0.2) is 16.1 Å². The Bertz CT molecular complexity index is 1080. The van der Waals surface area contributed by atoms with E-state index in [0.717, 1.165) is 10.9 Å². The minimum atomic E-state index is -1.02. The first-order valence-electron chi connectivity index (χ1n) is 6.96. The van der Waals surface area contributed by atoms with E-state index in [2.05, 4.69) is 4.98 Å². The first kappa shape index (κ1) is 13.4.